The average molecular weight is 220 g/mol. The third kappa shape index (κ3) is 1.44. The van der Waals surface area contributed by atoms with Gasteiger partial charge in [0, 0.05) is 13.1 Å². The van der Waals surface area contributed by atoms with Crippen molar-refractivity contribution in [3.8, 4) is 0 Å². The van der Waals surface area contributed by atoms with Gasteiger partial charge in [-0.25, -0.2) is 0 Å². The average Bonchev–Trinajstić information content (AvgIpc) is 2.89. The van der Waals surface area contributed by atoms with Gasteiger partial charge in [-0.3, -0.25) is 4.79 Å². The highest BCUT2D eigenvalue weighted by atomic mass is 16.5. The highest BCUT2D eigenvalue weighted by molar-refractivity contribution is 5.95. The van der Waals surface area contributed by atoms with Gasteiger partial charge in [0.15, 0.2) is 0 Å². The second-order valence-corrected chi connectivity index (χ2v) is 4.96. The predicted octanol–water partition coefficient (Wildman–Crippen LogP) is 1.86. The number of hydrogen-bond acceptors (Lipinski definition) is 3. The van der Waals surface area contributed by atoms with Crippen molar-refractivity contribution in [2.45, 2.75) is 26.2 Å². The number of nitrogens with zero attached hydrogens (tertiary/aromatic N) is 2. The predicted molar refractivity (Wildman–Crippen MR) is 58.0 cm³/mol. The van der Waals surface area contributed by atoms with Gasteiger partial charge in [0.1, 0.15) is 11.3 Å². The summed E-state index contributed by atoms with van der Waals surface area (Å²) < 4.78 is 4.94. The van der Waals surface area contributed by atoms with Crippen LogP contribution < -0.4 is 0 Å². The number of hydrogen-bond donors (Lipinski definition) is 0. The smallest absolute Gasteiger partial charge is 0.259 e. The van der Waals surface area contributed by atoms with Crippen LogP contribution in [0, 0.1) is 18.8 Å². The second-order valence-electron chi connectivity index (χ2n) is 4.96. The van der Waals surface area contributed by atoms with E-state index in [1.54, 1.807) is 6.92 Å². The van der Waals surface area contributed by atoms with Crippen molar-refractivity contribution in [3.05, 3.63) is 17.5 Å². The molecule has 0 N–H and O–H groups in total. The van der Waals surface area contributed by atoms with Crippen LogP contribution in [-0.4, -0.2) is 29.1 Å². The molecule has 4 heteroatoms. The Labute approximate surface area is 94.6 Å². The highest BCUT2D eigenvalue weighted by Gasteiger charge is 2.38. The highest BCUT2D eigenvalue weighted by Crippen LogP contribution is 2.38. The molecule has 86 valence electrons. The molecule has 3 rings (SSSR count). The fourth-order valence-corrected chi connectivity index (χ4v) is 3.08. The molecule has 2 aliphatic rings. The topological polar surface area (TPSA) is 46.3 Å². The van der Waals surface area contributed by atoms with Gasteiger partial charge >= 0.3 is 0 Å². The molecular formula is C12H16N2O2. The molecule has 1 saturated carbocycles. The second kappa shape index (κ2) is 3.61. The Morgan fingerprint density at radius 2 is 2.12 bits per heavy atom. The van der Waals surface area contributed by atoms with Crippen molar-refractivity contribution in [2.24, 2.45) is 11.8 Å². The maximum absolute atomic E-state index is 12.2. The molecule has 1 aliphatic heterocycles. The third-order valence-electron chi connectivity index (χ3n) is 3.99. The molecule has 1 amide bonds. The van der Waals surface area contributed by atoms with Gasteiger partial charge in [0.2, 0.25) is 0 Å². The van der Waals surface area contributed by atoms with Crippen LogP contribution in [0.15, 0.2) is 10.7 Å². The molecule has 2 unspecified atom stereocenters. The van der Waals surface area contributed by atoms with E-state index in [0.29, 0.717) is 11.3 Å². The van der Waals surface area contributed by atoms with Crippen LogP contribution in [0.1, 0.15) is 35.4 Å². The summed E-state index contributed by atoms with van der Waals surface area (Å²) in [6.45, 7) is 3.64. The van der Waals surface area contributed by atoms with E-state index in [2.05, 4.69) is 5.16 Å². The van der Waals surface area contributed by atoms with Crippen LogP contribution in [0.3, 0.4) is 0 Å². The molecular weight excluding hydrogens is 204 g/mol. The lowest BCUT2D eigenvalue weighted by Crippen LogP contribution is -2.29. The Balaban J connectivity index is 1.75. The van der Waals surface area contributed by atoms with E-state index >= 15 is 0 Å². The Bertz CT molecular complexity index is 401. The zero-order valence-corrected chi connectivity index (χ0v) is 9.48. The van der Waals surface area contributed by atoms with Crippen molar-refractivity contribution < 1.29 is 9.32 Å². The first-order valence-corrected chi connectivity index (χ1v) is 5.96. The first-order valence-electron chi connectivity index (χ1n) is 5.96. The molecule has 0 spiro atoms. The number of fused-ring (bicyclic) bond motifs is 1. The molecule has 1 aromatic rings. The van der Waals surface area contributed by atoms with Gasteiger partial charge in [-0.05, 0) is 31.6 Å². The molecule has 16 heavy (non-hydrogen) atoms. The Morgan fingerprint density at radius 1 is 1.44 bits per heavy atom. The Morgan fingerprint density at radius 3 is 2.69 bits per heavy atom. The summed E-state index contributed by atoms with van der Waals surface area (Å²) in [4.78, 5) is 14.2. The SMILES string of the molecule is Cc1oncc1C(=O)N1CC2CCCC2C1. The van der Waals surface area contributed by atoms with Gasteiger partial charge in [-0.15, -0.1) is 0 Å². The minimum absolute atomic E-state index is 0.0909. The summed E-state index contributed by atoms with van der Waals surface area (Å²) >= 11 is 0. The molecule has 2 heterocycles. The lowest BCUT2D eigenvalue weighted by Gasteiger charge is -2.16. The molecule has 0 bridgehead atoms. The number of aromatic nitrogens is 1. The number of aryl methyl sites for hydroxylation is 1. The van der Waals surface area contributed by atoms with Gasteiger partial charge in [0.25, 0.3) is 5.91 Å². The minimum atomic E-state index is 0.0909. The van der Waals surface area contributed by atoms with Crippen LogP contribution in [0.25, 0.3) is 0 Å². The monoisotopic (exact) mass is 220 g/mol. The molecule has 1 aromatic heterocycles. The van der Waals surface area contributed by atoms with E-state index in [-0.39, 0.29) is 5.91 Å². The molecule has 1 saturated heterocycles. The third-order valence-corrected chi connectivity index (χ3v) is 3.99. The normalized spacial score (nSPS) is 28.4. The number of likely N-dealkylation sites (tertiary alicyclic amines) is 1. The summed E-state index contributed by atoms with van der Waals surface area (Å²) in [6, 6.07) is 0. The standard InChI is InChI=1S/C12H16N2O2/c1-8-11(5-13-16-8)12(15)14-6-9-3-2-4-10(9)7-14/h5,9-10H,2-4,6-7H2,1H3. The summed E-state index contributed by atoms with van der Waals surface area (Å²) in [5, 5.41) is 3.66. The van der Waals surface area contributed by atoms with Crippen molar-refractivity contribution in [3.63, 3.8) is 0 Å². The molecule has 4 nitrogen and oxygen atoms in total. The van der Waals surface area contributed by atoms with Crippen LogP contribution >= 0.6 is 0 Å². The number of amides is 1. The largest absolute Gasteiger partial charge is 0.361 e. The summed E-state index contributed by atoms with van der Waals surface area (Å²) in [6.07, 6.45) is 5.45. The van der Waals surface area contributed by atoms with E-state index < -0.39 is 0 Å². The molecule has 1 aliphatic carbocycles. The van der Waals surface area contributed by atoms with Crippen molar-refractivity contribution >= 4 is 5.91 Å². The van der Waals surface area contributed by atoms with Crippen LogP contribution in [0.4, 0.5) is 0 Å². The maximum Gasteiger partial charge on any atom is 0.259 e. The zero-order chi connectivity index (χ0) is 11.1. The fraction of sp³-hybridized carbons (Fsp3) is 0.667. The molecule has 0 aromatic carbocycles. The maximum atomic E-state index is 12.2. The molecule has 2 fully saturated rings. The molecule has 2 atom stereocenters. The van der Waals surface area contributed by atoms with E-state index in [1.165, 1.54) is 25.5 Å². The molecule has 0 radical (unpaired) electrons. The summed E-state index contributed by atoms with van der Waals surface area (Å²) in [5.41, 5.74) is 0.625. The van der Waals surface area contributed by atoms with Gasteiger partial charge < -0.3 is 9.42 Å². The number of carbonyl (C=O) groups is 1. The quantitative estimate of drug-likeness (QED) is 0.725. The van der Waals surface area contributed by atoms with Crippen LogP contribution in [0.5, 0.6) is 0 Å². The van der Waals surface area contributed by atoms with Crippen molar-refractivity contribution in [2.75, 3.05) is 13.1 Å². The van der Waals surface area contributed by atoms with E-state index in [9.17, 15) is 4.79 Å². The number of rotatable bonds is 1. The lowest BCUT2D eigenvalue weighted by molar-refractivity contribution is 0.0779. The number of carbonyl (C=O) groups excluding carboxylic acids is 1. The van der Waals surface area contributed by atoms with Crippen LogP contribution in [-0.2, 0) is 0 Å². The minimum Gasteiger partial charge on any atom is -0.361 e. The summed E-state index contributed by atoms with van der Waals surface area (Å²) in [5.74, 6) is 2.20. The first-order chi connectivity index (χ1) is 7.75. The lowest BCUT2D eigenvalue weighted by atomic mass is 10.0. The van der Waals surface area contributed by atoms with Gasteiger partial charge in [0.05, 0.1) is 6.20 Å². The summed E-state index contributed by atoms with van der Waals surface area (Å²) in [7, 11) is 0. The Kier molecular flexibility index (Phi) is 2.23. The van der Waals surface area contributed by atoms with Gasteiger partial charge in [-0.1, -0.05) is 11.6 Å². The Hall–Kier alpha value is -1.32. The van der Waals surface area contributed by atoms with Crippen molar-refractivity contribution in [1.29, 1.82) is 0 Å². The first kappa shape index (κ1) is 9.87. The van der Waals surface area contributed by atoms with Gasteiger partial charge in [-0.2, -0.15) is 0 Å². The fourth-order valence-electron chi connectivity index (χ4n) is 3.08. The van der Waals surface area contributed by atoms with E-state index in [1.807, 2.05) is 4.90 Å². The van der Waals surface area contributed by atoms with Crippen LogP contribution in [0.2, 0.25) is 0 Å². The zero-order valence-electron chi connectivity index (χ0n) is 9.48. The van der Waals surface area contributed by atoms with Crippen molar-refractivity contribution in [1.82, 2.24) is 10.1 Å². The van der Waals surface area contributed by atoms with E-state index in [0.717, 1.165) is 24.9 Å². The van der Waals surface area contributed by atoms with E-state index in [4.69, 9.17) is 4.52 Å².